The molecular formula is C18H29N. The lowest BCUT2D eigenvalue weighted by Gasteiger charge is -2.18. The van der Waals surface area contributed by atoms with Gasteiger partial charge in [0, 0.05) is 6.04 Å². The van der Waals surface area contributed by atoms with Crippen LogP contribution in [0, 0.1) is 0 Å². The molecule has 1 heteroatoms. The fraction of sp³-hybridized carbons (Fsp3) is 0.556. The van der Waals surface area contributed by atoms with Crippen LogP contribution in [0.25, 0.3) is 0 Å². The van der Waals surface area contributed by atoms with Crippen molar-refractivity contribution >= 4 is 0 Å². The standard InChI is InChI=1S/C18H29N/c1-3-5-7-14-18(19-16-4-2)15-10-13-17-11-8-6-9-12-17/h3,6,8-9,11-12,18-19H,1,4-5,7,10,13-16H2,2H3. The van der Waals surface area contributed by atoms with Gasteiger partial charge in [-0.1, -0.05) is 43.3 Å². The van der Waals surface area contributed by atoms with Crippen molar-refractivity contribution in [2.45, 2.75) is 57.9 Å². The van der Waals surface area contributed by atoms with Crippen molar-refractivity contribution in [1.29, 1.82) is 0 Å². The van der Waals surface area contributed by atoms with Crippen LogP contribution >= 0.6 is 0 Å². The number of unbranched alkanes of at least 4 members (excludes halogenated alkanes) is 1. The van der Waals surface area contributed by atoms with Crippen molar-refractivity contribution in [1.82, 2.24) is 5.32 Å². The van der Waals surface area contributed by atoms with Gasteiger partial charge in [-0.2, -0.15) is 0 Å². The molecule has 0 aliphatic heterocycles. The summed E-state index contributed by atoms with van der Waals surface area (Å²) >= 11 is 0. The molecule has 1 atom stereocenters. The molecule has 0 heterocycles. The predicted molar refractivity (Wildman–Crippen MR) is 85.5 cm³/mol. The first-order chi connectivity index (χ1) is 9.36. The average Bonchev–Trinajstić information content (AvgIpc) is 2.45. The highest BCUT2D eigenvalue weighted by atomic mass is 14.9. The summed E-state index contributed by atoms with van der Waals surface area (Å²) in [6.45, 7) is 7.18. The van der Waals surface area contributed by atoms with Crippen LogP contribution in [0.4, 0.5) is 0 Å². The Labute approximate surface area is 119 Å². The first kappa shape index (κ1) is 16.0. The summed E-state index contributed by atoms with van der Waals surface area (Å²) in [5.41, 5.74) is 1.46. The van der Waals surface area contributed by atoms with Crippen LogP contribution < -0.4 is 5.32 Å². The SMILES string of the molecule is C=CCCCC(CCCc1ccccc1)NCCC. The zero-order valence-corrected chi connectivity index (χ0v) is 12.4. The Hall–Kier alpha value is -1.08. The van der Waals surface area contributed by atoms with E-state index in [2.05, 4.69) is 49.2 Å². The van der Waals surface area contributed by atoms with Crippen molar-refractivity contribution in [2.24, 2.45) is 0 Å². The van der Waals surface area contributed by atoms with E-state index in [0.717, 1.165) is 13.0 Å². The Morgan fingerprint density at radius 2 is 1.89 bits per heavy atom. The summed E-state index contributed by atoms with van der Waals surface area (Å²) < 4.78 is 0. The normalized spacial score (nSPS) is 12.3. The summed E-state index contributed by atoms with van der Waals surface area (Å²) in [7, 11) is 0. The Kier molecular flexibility index (Phi) is 9.09. The van der Waals surface area contributed by atoms with E-state index in [1.165, 1.54) is 44.1 Å². The number of rotatable bonds is 11. The molecule has 0 saturated heterocycles. The molecule has 0 amide bonds. The molecule has 19 heavy (non-hydrogen) atoms. The molecule has 106 valence electrons. The minimum atomic E-state index is 0.684. The zero-order chi connectivity index (χ0) is 13.8. The first-order valence-electron chi connectivity index (χ1n) is 7.75. The van der Waals surface area contributed by atoms with Gasteiger partial charge >= 0.3 is 0 Å². The summed E-state index contributed by atoms with van der Waals surface area (Å²) in [5, 5.41) is 3.68. The fourth-order valence-corrected chi connectivity index (χ4v) is 2.40. The molecule has 0 fully saturated rings. The second kappa shape index (κ2) is 10.8. The lowest BCUT2D eigenvalue weighted by molar-refractivity contribution is 0.432. The minimum Gasteiger partial charge on any atom is -0.314 e. The minimum absolute atomic E-state index is 0.684. The van der Waals surface area contributed by atoms with Gasteiger partial charge in [0.1, 0.15) is 0 Å². The Balaban J connectivity index is 2.24. The highest BCUT2D eigenvalue weighted by Crippen LogP contribution is 2.11. The van der Waals surface area contributed by atoms with Crippen LogP contribution in [0.15, 0.2) is 43.0 Å². The molecule has 0 aromatic heterocycles. The van der Waals surface area contributed by atoms with Gasteiger partial charge in [0.15, 0.2) is 0 Å². The Morgan fingerprint density at radius 1 is 1.16 bits per heavy atom. The van der Waals surface area contributed by atoms with Crippen LogP contribution in [0.3, 0.4) is 0 Å². The van der Waals surface area contributed by atoms with Gasteiger partial charge in [-0.15, -0.1) is 6.58 Å². The smallest absolute Gasteiger partial charge is 0.00672 e. The molecule has 1 unspecified atom stereocenters. The molecule has 0 aliphatic rings. The maximum absolute atomic E-state index is 3.80. The van der Waals surface area contributed by atoms with Gasteiger partial charge in [0.25, 0.3) is 0 Å². The van der Waals surface area contributed by atoms with E-state index in [1.807, 2.05) is 6.08 Å². The van der Waals surface area contributed by atoms with Gasteiger partial charge in [-0.25, -0.2) is 0 Å². The zero-order valence-electron chi connectivity index (χ0n) is 12.4. The maximum Gasteiger partial charge on any atom is 0.00672 e. The number of allylic oxidation sites excluding steroid dienone is 1. The average molecular weight is 259 g/mol. The van der Waals surface area contributed by atoms with Crippen molar-refractivity contribution in [2.75, 3.05) is 6.54 Å². The van der Waals surface area contributed by atoms with Crippen molar-refractivity contribution in [3.63, 3.8) is 0 Å². The second-order valence-corrected chi connectivity index (χ2v) is 5.25. The van der Waals surface area contributed by atoms with Crippen LogP contribution in [-0.4, -0.2) is 12.6 Å². The van der Waals surface area contributed by atoms with Gasteiger partial charge in [-0.05, 0) is 57.1 Å². The Morgan fingerprint density at radius 3 is 2.58 bits per heavy atom. The first-order valence-corrected chi connectivity index (χ1v) is 7.75. The topological polar surface area (TPSA) is 12.0 Å². The third-order valence-electron chi connectivity index (χ3n) is 3.50. The van der Waals surface area contributed by atoms with Crippen LogP contribution in [-0.2, 0) is 6.42 Å². The predicted octanol–water partition coefficient (Wildman–Crippen LogP) is 4.73. The van der Waals surface area contributed by atoms with Gasteiger partial charge in [0.05, 0.1) is 0 Å². The molecule has 1 rings (SSSR count). The molecule has 0 aliphatic carbocycles. The molecule has 1 N–H and O–H groups in total. The molecule has 0 spiro atoms. The molecule has 0 bridgehead atoms. The summed E-state index contributed by atoms with van der Waals surface area (Å²) in [4.78, 5) is 0. The van der Waals surface area contributed by atoms with E-state index in [4.69, 9.17) is 0 Å². The maximum atomic E-state index is 3.80. The van der Waals surface area contributed by atoms with Crippen molar-refractivity contribution in [3.8, 4) is 0 Å². The summed E-state index contributed by atoms with van der Waals surface area (Å²) in [6.07, 6.45) is 10.7. The number of benzene rings is 1. The molecule has 1 aromatic carbocycles. The van der Waals surface area contributed by atoms with E-state index in [0.29, 0.717) is 6.04 Å². The van der Waals surface area contributed by atoms with E-state index >= 15 is 0 Å². The summed E-state index contributed by atoms with van der Waals surface area (Å²) in [5.74, 6) is 0. The van der Waals surface area contributed by atoms with Crippen molar-refractivity contribution in [3.05, 3.63) is 48.6 Å². The van der Waals surface area contributed by atoms with E-state index < -0.39 is 0 Å². The number of aryl methyl sites for hydroxylation is 1. The molecule has 0 radical (unpaired) electrons. The molecular weight excluding hydrogens is 230 g/mol. The van der Waals surface area contributed by atoms with E-state index in [-0.39, 0.29) is 0 Å². The Bertz CT molecular complexity index is 318. The highest BCUT2D eigenvalue weighted by Gasteiger charge is 2.06. The summed E-state index contributed by atoms with van der Waals surface area (Å²) in [6, 6.07) is 11.5. The number of hydrogen-bond donors (Lipinski definition) is 1. The lowest BCUT2D eigenvalue weighted by Crippen LogP contribution is -2.29. The highest BCUT2D eigenvalue weighted by molar-refractivity contribution is 5.14. The molecule has 1 nitrogen and oxygen atoms in total. The van der Waals surface area contributed by atoms with E-state index in [9.17, 15) is 0 Å². The molecule has 0 saturated carbocycles. The quantitative estimate of drug-likeness (QED) is 0.447. The number of hydrogen-bond acceptors (Lipinski definition) is 1. The third-order valence-corrected chi connectivity index (χ3v) is 3.50. The van der Waals surface area contributed by atoms with Gasteiger partial charge in [-0.3, -0.25) is 0 Å². The second-order valence-electron chi connectivity index (χ2n) is 5.25. The van der Waals surface area contributed by atoms with Crippen LogP contribution in [0.2, 0.25) is 0 Å². The van der Waals surface area contributed by atoms with Gasteiger partial charge in [0.2, 0.25) is 0 Å². The fourth-order valence-electron chi connectivity index (χ4n) is 2.40. The van der Waals surface area contributed by atoms with Crippen LogP contribution in [0.5, 0.6) is 0 Å². The van der Waals surface area contributed by atoms with Crippen LogP contribution in [0.1, 0.15) is 51.0 Å². The van der Waals surface area contributed by atoms with Crippen molar-refractivity contribution < 1.29 is 0 Å². The monoisotopic (exact) mass is 259 g/mol. The molecule has 1 aromatic rings. The van der Waals surface area contributed by atoms with Gasteiger partial charge < -0.3 is 5.32 Å². The lowest BCUT2D eigenvalue weighted by atomic mass is 10.0. The third kappa shape index (κ3) is 7.84. The number of nitrogens with one attached hydrogen (secondary N) is 1. The largest absolute Gasteiger partial charge is 0.314 e. The van der Waals surface area contributed by atoms with E-state index in [1.54, 1.807) is 0 Å².